The van der Waals surface area contributed by atoms with Crippen molar-refractivity contribution in [1.82, 2.24) is 20.5 Å². The molecule has 1 saturated heterocycles. The number of halogens is 1. The van der Waals surface area contributed by atoms with E-state index in [0.29, 0.717) is 29.4 Å². The molecular formula is C25H26FN5O2. The lowest BCUT2D eigenvalue weighted by Crippen LogP contribution is -2.60. The smallest absolute Gasteiger partial charge is 0.213 e. The Kier molecular flexibility index (Phi) is 5.25. The molecule has 33 heavy (non-hydrogen) atoms. The number of hydrogen-bond donors (Lipinski definition) is 2. The fraction of sp³-hybridized carbons (Fsp3) is 0.320. The number of rotatable bonds is 5. The van der Waals surface area contributed by atoms with Crippen LogP contribution >= 0.6 is 0 Å². The fourth-order valence-corrected chi connectivity index (χ4v) is 4.70. The lowest BCUT2D eigenvalue weighted by Gasteiger charge is -2.43. The molecule has 1 fully saturated rings. The summed E-state index contributed by atoms with van der Waals surface area (Å²) < 4.78 is 20.2. The summed E-state index contributed by atoms with van der Waals surface area (Å²) in [4.78, 5) is 5.97. The molecule has 2 N–H and O–H groups in total. The third-order valence-electron chi connectivity index (χ3n) is 6.57. The van der Waals surface area contributed by atoms with Crippen LogP contribution in [0.3, 0.4) is 0 Å². The average molecular weight is 448 g/mol. The Morgan fingerprint density at radius 1 is 1.15 bits per heavy atom. The summed E-state index contributed by atoms with van der Waals surface area (Å²) in [6, 6.07) is 12.1. The third kappa shape index (κ3) is 3.91. The summed E-state index contributed by atoms with van der Waals surface area (Å²) in [5.74, 6) is 1.19. The number of methoxy groups -OCH3 is 1. The Hall–Kier alpha value is -3.52. The monoisotopic (exact) mass is 447 g/mol. The van der Waals surface area contributed by atoms with Crippen molar-refractivity contribution in [3.05, 3.63) is 60.8 Å². The molecule has 0 saturated carbocycles. The number of aromatic hydroxyl groups is 1. The van der Waals surface area contributed by atoms with Gasteiger partial charge in [0.1, 0.15) is 11.9 Å². The van der Waals surface area contributed by atoms with Gasteiger partial charge in [0, 0.05) is 30.4 Å². The van der Waals surface area contributed by atoms with Crippen molar-refractivity contribution >= 4 is 5.82 Å². The van der Waals surface area contributed by atoms with Crippen molar-refractivity contribution in [3.8, 4) is 34.0 Å². The molecule has 0 spiro atoms. The molecule has 0 amide bonds. The maximum Gasteiger partial charge on any atom is 0.213 e. The van der Waals surface area contributed by atoms with Crippen LogP contribution in [0.5, 0.6) is 11.6 Å². The van der Waals surface area contributed by atoms with Crippen molar-refractivity contribution < 1.29 is 14.2 Å². The molecule has 4 atom stereocenters. The van der Waals surface area contributed by atoms with Crippen LogP contribution in [-0.2, 0) is 0 Å². The van der Waals surface area contributed by atoms with Gasteiger partial charge in [-0.25, -0.2) is 9.37 Å². The first-order chi connectivity index (χ1) is 15.9. The molecule has 0 aliphatic carbocycles. The molecule has 3 aromatic rings. The first-order valence-corrected chi connectivity index (χ1v) is 10.9. The molecule has 2 aromatic heterocycles. The average Bonchev–Trinajstić information content (AvgIpc) is 3.18. The number of nitrogens with zero attached hydrogens (tertiary/aromatic N) is 4. The Balaban J connectivity index is 1.36. The largest absolute Gasteiger partial charge is 0.507 e. The Bertz CT molecular complexity index is 1200. The van der Waals surface area contributed by atoms with Crippen molar-refractivity contribution in [1.29, 1.82) is 0 Å². The van der Waals surface area contributed by atoms with Gasteiger partial charge >= 0.3 is 0 Å². The van der Waals surface area contributed by atoms with Crippen LogP contribution in [-0.4, -0.2) is 58.2 Å². The zero-order valence-corrected chi connectivity index (χ0v) is 18.7. The number of phenols is 1. The van der Waals surface area contributed by atoms with Crippen LogP contribution in [0.25, 0.3) is 22.4 Å². The molecule has 2 aliphatic rings. The van der Waals surface area contributed by atoms with E-state index in [1.54, 1.807) is 37.6 Å². The molecule has 5 rings (SSSR count). The fourth-order valence-electron chi connectivity index (χ4n) is 4.70. The Labute approximate surface area is 192 Å². The van der Waals surface area contributed by atoms with E-state index in [2.05, 4.69) is 33.5 Å². The van der Waals surface area contributed by atoms with E-state index < -0.39 is 6.17 Å². The van der Waals surface area contributed by atoms with Gasteiger partial charge < -0.3 is 14.7 Å². The van der Waals surface area contributed by atoms with Crippen LogP contribution in [0.4, 0.5) is 10.2 Å². The molecule has 2 aliphatic heterocycles. The van der Waals surface area contributed by atoms with Crippen molar-refractivity contribution in [2.45, 2.75) is 37.1 Å². The highest BCUT2D eigenvalue weighted by molar-refractivity contribution is 5.74. The third-order valence-corrected chi connectivity index (χ3v) is 6.57. The molecule has 7 nitrogen and oxygen atoms in total. The van der Waals surface area contributed by atoms with Gasteiger partial charge in [0.2, 0.25) is 5.88 Å². The highest BCUT2D eigenvalue weighted by Crippen LogP contribution is 2.36. The summed E-state index contributed by atoms with van der Waals surface area (Å²) in [5.41, 5.74) is 2.62. The number of hydrogen-bond acceptors (Lipinski definition) is 7. The summed E-state index contributed by atoms with van der Waals surface area (Å²) in [6.07, 6.45) is 5.24. The van der Waals surface area contributed by atoms with Crippen LogP contribution in [0.2, 0.25) is 0 Å². The SMILES string of the molecule is COc1cc(-c2ccc(-c3ccc(N(C)[C@@H]4C[C@@]5(C)C=CC(N5)[C@@H]4F)nn3)c(O)c2)ccn1. The van der Waals surface area contributed by atoms with E-state index >= 15 is 4.39 Å². The van der Waals surface area contributed by atoms with Gasteiger partial charge in [-0.15, -0.1) is 10.2 Å². The van der Waals surface area contributed by atoms with Crippen molar-refractivity contribution in [2.24, 2.45) is 0 Å². The first-order valence-electron chi connectivity index (χ1n) is 10.9. The summed E-state index contributed by atoms with van der Waals surface area (Å²) in [6.45, 7) is 2.08. The molecule has 0 radical (unpaired) electrons. The topological polar surface area (TPSA) is 83.4 Å². The standard InChI is InChI=1S/C25H26FN5O2/c1-25-10-8-19(28-25)24(26)20(14-25)31(2)22-7-6-18(29-30-22)17-5-4-15(12-21(17)32)16-9-11-27-23(13-16)33-3/h4-13,19-20,24,28,32H,14H2,1-3H3/t19?,20-,24+,25-/m1/s1. The van der Waals surface area contributed by atoms with Gasteiger partial charge in [0.25, 0.3) is 0 Å². The minimum absolute atomic E-state index is 0.0939. The van der Waals surface area contributed by atoms with Gasteiger partial charge in [0.15, 0.2) is 5.82 Å². The number of alkyl halides is 1. The summed E-state index contributed by atoms with van der Waals surface area (Å²) >= 11 is 0. The van der Waals surface area contributed by atoms with E-state index in [9.17, 15) is 5.11 Å². The number of ether oxygens (including phenoxy) is 1. The number of piperidine rings is 1. The van der Waals surface area contributed by atoms with Crippen LogP contribution in [0.15, 0.2) is 60.8 Å². The number of nitrogens with one attached hydrogen (secondary N) is 1. The minimum Gasteiger partial charge on any atom is -0.507 e. The lowest BCUT2D eigenvalue weighted by atomic mass is 9.87. The zero-order chi connectivity index (χ0) is 23.2. The van der Waals surface area contributed by atoms with Crippen LogP contribution < -0.4 is 15.0 Å². The molecule has 1 unspecified atom stereocenters. The number of phenolic OH excluding ortho intramolecular Hbond substituents is 1. The summed E-state index contributed by atoms with van der Waals surface area (Å²) in [7, 11) is 3.41. The normalized spacial score (nSPS) is 25.8. The van der Waals surface area contributed by atoms with Crippen molar-refractivity contribution in [3.63, 3.8) is 0 Å². The van der Waals surface area contributed by atoms with Gasteiger partial charge in [-0.05, 0) is 54.8 Å². The number of anilines is 1. The molecule has 2 bridgehead atoms. The number of benzene rings is 1. The van der Waals surface area contributed by atoms with Gasteiger partial charge in [0.05, 0.1) is 24.9 Å². The summed E-state index contributed by atoms with van der Waals surface area (Å²) in [5, 5.41) is 22.6. The van der Waals surface area contributed by atoms with E-state index in [0.717, 1.165) is 11.1 Å². The second-order valence-corrected chi connectivity index (χ2v) is 8.87. The number of fused-ring (bicyclic) bond motifs is 2. The van der Waals surface area contributed by atoms with E-state index in [-0.39, 0.29) is 23.4 Å². The lowest BCUT2D eigenvalue weighted by molar-refractivity contribution is 0.155. The second-order valence-electron chi connectivity index (χ2n) is 8.87. The number of pyridine rings is 1. The van der Waals surface area contributed by atoms with Gasteiger partial charge in [-0.3, -0.25) is 5.32 Å². The quantitative estimate of drug-likeness (QED) is 0.577. The molecule has 1 aromatic carbocycles. The second kappa shape index (κ2) is 8.12. The van der Waals surface area contributed by atoms with Crippen LogP contribution in [0.1, 0.15) is 13.3 Å². The first kappa shape index (κ1) is 21.3. The maximum absolute atomic E-state index is 15.0. The molecule has 4 heterocycles. The minimum atomic E-state index is -1.04. The molecular weight excluding hydrogens is 421 g/mol. The maximum atomic E-state index is 15.0. The zero-order valence-electron chi connectivity index (χ0n) is 18.7. The predicted molar refractivity (Wildman–Crippen MR) is 125 cm³/mol. The highest BCUT2D eigenvalue weighted by Gasteiger charge is 2.46. The van der Waals surface area contributed by atoms with Gasteiger partial charge in [-0.2, -0.15) is 0 Å². The Morgan fingerprint density at radius 2 is 1.97 bits per heavy atom. The highest BCUT2D eigenvalue weighted by atomic mass is 19.1. The number of aromatic nitrogens is 3. The van der Waals surface area contributed by atoms with Crippen LogP contribution in [0, 0.1) is 0 Å². The van der Waals surface area contributed by atoms with E-state index in [1.165, 1.54) is 0 Å². The molecule has 170 valence electrons. The van der Waals surface area contributed by atoms with Crippen molar-refractivity contribution in [2.75, 3.05) is 19.1 Å². The Morgan fingerprint density at radius 3 is 2.70 bits per heavy atom. The van der Waals surface area contributed by atoms with E-state index in [4.69, 9.17) is 4.74 Å². The molecule has 8 heteroatoms. The predicted octanol–water partition coefficient (Wildman–Crippen LogP) is 3.75. The van der Waals surface area contributed by atoms with E-state index in [1.807, 2.05) is 36.2 Å². The van der Waals surface area contributed by atoms with Gasteiger partial charge in [-0.1, -0.05) is 18.2 Å².